The Balaban J connectivity index is 2.35. The Morgan fingerprint density at radius 1 is 1.67 bits per heavy atom. The van der Waals surface area contributed by atoms with Crippen LogP contribution in [0.2, 0.25) is 0 Å². The molecule has 0 aromatic carbocycles. The van der Waals surface area contributed by atoms with Gasteiger partial charge in [-0.3, -0.25) is 0 Å². The predicted molar refractivity (Wildman–Crippen MR) is 38.1 cm³/mol. The number of ether oxygens (including phenoxy) is 1. The van der Waals surface area contributed by atoms with Gasteiger partial charge >= 0.3 is 0 Å². The zero-order valence-electron chi connectivity index (χ0n) is 5.71. The van der Waals surface area contributed by atoms with E-state index in [1.165, 1.54) is 0 Å². The van der Waals surface area contributed by atoms with Crippen molar-refractivity contribution in [3.8, 4) is 0 Å². The van der Waals surface area contributed by atoms with E-state index in [9.17, 15) is 0 Å². The molecule has 0 bridgehead atoms. The third-order valence-corrected chi connectivity index (χ3v) is 1.37. The lowest BCUT2D eigenvalue weighted by Gasteiger charge is -2.14. The zero-order valence-corrected chi connectivity index (χ0v) is 5.71. The monoisotopic (exact) mass is 124 g/mol. The van der Waals surface area contributed by atoms with Gasteiger partial charge in [0.2, 0.25) is 0 Å². The summed E-state index contributed by atoms with van der Waals surface area (Å²) in [5, 5.41) is 0. The summed E-state index contributed by atoms with van der Waals surface area (Å²) >= 11 is 0. The van der Waals surface area contributed by atoms with Crippen molar-refractivity contribution in [2.75, 3.05) is 0 Å². The van der Waals surface area contributed by atoms with Crippen LogP contribution in [0, 0.1) is 0 Å². The highest BCUT2D eigenvalue weighted by atomic mass is 16.5. The lowest BCUT2D eigenvalue weighted by atomic mass is 10.1. The molecule has 0 aliphatic carbocycles. The molecule has 0 saturated heterocycles. The van der Waals surface area contributed by atoms with Gasteiger partial charge in [-0.15, -0.1) is 0 Å². The highest BCUT2D eigenvalue weighted by Gasteiger charge is 2.04. The molecule has 1 heteroatoms. The molecule has 1 aliphatic rings. The molecule has 0 aromatic rings. The molecule has 1 atom stereocenters. The molecule has 1 unspecified atom stereocenters. The highest BCUT2D eigenvalue weighted by Crippen LogP contribution is 2.10. The molecule has 1 rings (SSSR count). The van der Waals surface area contributed by atoms with E-state index in [4.69, 9.17) is 4.74 Å². The standard InChI is InChI=1S/C8H12O/c1-2-5-8-6-3-4-7-9-8/h2,4-5,7-8H,3,6H2,1H3/b5-2+. The third-order valence-electron chi connectivity index (χ3n) is 1.37. The van der Waals surface area contributed by atoms with Gasteiger partial charge in [-0.1, -0.05) is 6.08 Å². The second kappa shape index (κ2) is 3.33. The second-order valence-electron chi connectivity index (χ2n) is 2.15. The van der Waals surface area contributed by atoms with Crippen molar-refractivity contribution in [1.82, 2.24) is 0 Å². The molecule has 0 N–H and O–H groups in total. The first-order valence-electron chi connectivity index (χ1n) is 3.37. The molecule has 0 fully saturated rings. The summed E-state index contributed by atoms with van der Waals surface area (Å²) in [6, 6.07) is 0. The van der Waals surface area contributed by atoms with Gasteiger partial charge in [0.15, 0.2) is 0 Å². The van der Waals surface area contributed by atoms with Crippen LogP contribution in [0.1, 0.15) is 19.8 Å². The van der Waals surface area contributed by atoms with E-state index in [0.717, 1.165) is 12.8 Å². The Kier molecular flexibility index (Phi) is 2.37. The first-order valence-corrected chi connectivity index (χ1v) is 3.37. The van der Waals surface area contributed by atoms with Crippen molar-refractivity contribution in [1.29, 1.82) is 0 Å². The van der Waals surface area contributed by atoms with Crippen molar-refractivity contribution in [3.05, 3.63) is 24.5 Å². The average Bonchev–Trinajstić information content (AvgIpc) is 1.91. The van der Waals surface area contributed by atoms with Crippen LogP contribution in [-0.2, 0) is 4.74 Å². The summed E-state index contributed by atoms with van der Waals surface area (Å²) in [6.45, 7) is 2.02. The molecule has 0 radical (unpaired) electrons. The number of hydrogen-bond donors (Lipinski definition) is 0. The van der Waals surface area contributed by atoms with Gasteiger partial charge in [0.25, 0.3) is 0 Å². The van der Waals surface area contributed by atoms with Crippen LogP contribution in [0.25, 0.3) is 0 Å². The molecule has 0 spiro atoms. The summed E-state index contributed by atoms with van der Waals surface area (Å²) in [5.41, 5.74) is 0. The molecular weight excluding hydrogens is 112 g/mol. The summed E-state index contributed by atoms with van der Waals surface area (Å²) in [5.74, 6) is 0. The zero-order chi connectivity index (χ0) is 6.53. The van der Waals surface area contributed by atoms with E-state index in [2.05, 4.69) is 12.2 Å². The van der Waals surface area contributed by atoms with Crippen LogP contribution >= 0.6 is 0 Å². The number of hydrogen-bond acceptors (Lipinski definition) is 1. The average molecular weight is 124 g/mol. The van der Waals surface area contributed by atoms with Gasteiger partial charge in [0.1, 0.15) is 6.10 Å². The van der Waals surface area contributed by atoms with E-state index in [1.54, 1.807) is 6.26 Å². The number of allylic oxidation sites excluding steroid dienone is 2. The van der Waals surface area contributed by atoms with Crippen molar-refractivity contribution >= 4 is 0 Å². The summed E-state index contributed by atoms with van der Waals surface area (Å²) in [6.07, 6.45) is 10.6. The molecule has 0 aromatic heterocycles. The predicted octanol–water partition coefficient (Wildman–Crippen LogP) is 2.26. The lowest BCUT2D eigenvalue weighted by molar-refractivity contribution is 0.165. The van der Waals surface area contributed by atoms with Crippen molar-refractivity contribution in [2.24, 2.45) is 0 Å². The highest BCUT2D eigenvalue weighted by molar-refractivity contribution is 4.93. The van der Waals surface area contributed by atoms with Gasteiger partial charge in [0.05, 0.1) is 6.26 Å². The molecule has 0 amide bonds. The van der Waals surface area contributed by atoms with Crippen molar-refractivity contribution in [2.45, 2.75) is 25.9 Å². The van der Waals surface area contributed by atoms with E-state index >= 15 is 0 Å². The first kappa shape index (κ1) is 6.40. The second-order valence-corrected chi connectivity index (χ2v) is 2.15. The molecular formula is C8H12O. The minimum atomic E-state index is 0.333. The maximum atomic E-state index is 5.25. The van der Waals surface area contributed by atoms with E-state index in [-0.39, 0.29) is 0 Å². The Morgan fingerprint density at radius 2 is 2.56 bits per heavy atom. The number of rotatable bonds is 1. The van der Waals surface area contributed by atoms with E-state index < -0.39 is 0 Å². The van der Waals surface area contributed by atoms with Gasteiger partial charge < -0.3 is 4.74 Å². The fourth-order valence-corrected chi connectivity index (χ4v) is 0.909. The van der Waals surface area contributed by atoms with Crippen LogP contribution in [0.5, 0.6) is 0 Å². The van der Waals surface area contributed by atoms with Crippen molar-refractivity contribution in [3.63, 3.8) is 0 Å². The largest absolute Gasteiger partial charge is 0.494 e. The topological polar surface area (TPSA) is 9.23 Å². The Bertz CT molecular complexity index is 125. The molecule has 9 heavy (non-hydrogen) atoms. The molecule has 1 heterocycles. The Labute approximate surface area is 56.0 Å². The summed E-state index contributed by atoms with van der Waals surface area (Å²) in [4.78, 5) is 0. The molecule has 1 nitrogen and oxygen atoms in total. The molecule has 0 saturated carbocycles. The maximum Gasteiger partial charge on any atom is 0.116 e. The van der Waals surface area contributed by atoms with E-state index in [0.29, 0.717) is 6.10 Å². The first-order chi connectivity index (χ1) is 4.43. The quantitative estimate of drug-likeness (QED) is 0.487. The van der Waals surface area contributed by atoms with Gasteiger partial charge in [0, 0.05) is 0 Å². The fraction of sp³-hybridized carbons (Fsp3) is 0.500. The normalized spacial score (nSPS) is 26.6. The fourth-order valence-electron chi connectivity index (χ4n) is 0.909. The SMILES string of the molecule is C/C=C/C1CCC=CO1. The van der Waals surface area contributed by atoms with Crippen molar-refractivity contribution < 1.29 is 4.74 Å². The van der Waals surface area contributed by atoms with Gasteiger partial charge in [-0.25, -0.2) is 0 Å². The summed E-state index contributed by atoms with van der Waals surface area (Å²) < 4.78 is 5.25. The Morgan fingerprint density at radius 3 is 3.11 bits per heavy atom. The van der Waals surface area contributed by atoms with Crippen LogP contribution in [-0.4, -0.2) is 6.10 Å². The van der Waals surface area contributed by atoms with Gasteiger partial charge in [-0.2, -0.15) is 0 Å². The molecule has 1 aliphatic heterocycles. The molecule has 50 valence electrons. The minimum absolute atomic E-state index is 0.333. The van der Waals surface area contributed by atoms with Crippen LogP contribution in [0.15, 0.2) is 24.5 Å². The lowest BCUT2D eigenvalue weighted by Crippen LogP contribution is -2.07. The van der Waals surface area contributed by atoms with Crippen LogP contribution in [0.4, 0.5) is 0 Å². The Hall–Kier alpha value is -0.720. The van der Waals surface area contributed by atoms with Crippen LogP contribution in [0.3, 0.4) is 0 Å². The smallest absolute Gasteiger partial charge is 0.116 e. The van der Waals surface area contributed by atoms with Crippen LogP contribution < -0.4 is 0 Å². The third kappa shape index (κ3) is 1.92. The summed E-state index contributed by atoms with van der Waals surface area (Å²) in [7, 11) is 0. The maximum absolute atomic E-state index is 5.25. The van der Waals surface area contributed by atoms with Gasteiger partial charge in [-0.05, 0) is 31.9 Å². The minimum Gasteiger partial charge on any atom is -0.494 e. The van der Waals surface area contributed by atoms with E-state index in [1.807, 2.05) is 13.0 Å².